The number of hydrogen-bond donors (Lipinski definition) is 2. The van der Waals surface area contributed by atoms with Crippen LogP contribution in [-0.2, 0) is 20.7 Å². The molecule has 0 aliphatic rings. The van der Waals surface area contributed by atoms with Gasteiger partial charge in [0.15, 0.2) is 12.3 Å². The molecule has 4 aromatic rings. The second kappa shape index (κ2) is 9.92. The summed E-state index contributed by atoms with van der Waals surface area (Å²) >= 11 is 0. The third-order valence-corrected chi connectivity index (χ3v) is 6.07. The molecule has 9 heteroatoms. The van der Waals surface area contributed by atoms with Gasteiger partial charge < -0.3 is 10.1 Å². The molecule has 0 bridgehead atoms. The van der Waals surface area contributed by atoms with Crippen LogP contribution in [0.1, 0.15) is 34.5 Å². The third-order valence-electron chi connectivity index (χ3n) is 6.07. The number of anilines is 1. The minimum absolute atomic E-state index is 0.0671. The Bertz CT molecular complexity index is 1460. The van der Waals surface area contributed by atoms with Crippen LogP contribution in [0, 0.1) is 27.7 Å². The molecular formula is C26H27N5O4. The van der Waals surface area contributed by atoms with E-state index < -0.39 is 24.5 Å². The maximum absolute atomic E-state index is 12.3. The van der Waals surface area contributed by atoms with Crippen LogP contribution in [0.4, 0.5) is 10.5 Å². The molecule has 4 rings (SSSR count). The standard InChI is InChI=1S/C26H27N5O4/c1-15-8-7-11-21(16(15)2)28-26(34)29-23(32)14-35-24(33)13-12-19-17(3)27-25-20-9-5-6-10-22(20)30-31(25)18(19)4/h5-11H,12-14H2,1-4H3,(H2,28,29,32,34). The Morgan fingerprint density at radius 1 is 1.00 bits per heavy atom. The fourth-order valence-corrected chi connectivity index (χ4v) is 3.99. The van der Waals surface area contributed by atoms with Gasteiger partial charge in [-0.3, -0.25) is 14.9 Å². The van der Waals surface area contributed by atoms with E-state index in [1.165, 1.54) is 0 Å². The van der Waals surface area contributed by atoms with E-state index in [-0.39, 0.29) is 6.42 Å². The number of rotatable bonds is 6. The molecule has 9 nitrogen and oxygen atoms in total. The molecule has 0 aliphatic carbocycles. The second-order valence-electron chi connectivity index (χ2n) is 8.42. The topological polar surface area (TPSA) is 115 Å². The first-order valence-corrected chi connectivity index (χ1v) is 11.3. The van der Waals surface area contributed by atoms with Gasteiger partial charge in [-0.15, -0.1) is 0 Å². The normalized spacial score (nSPS) is 11.0. The fraction of sp³-hybridized carbons (Fsp3) is 0.269. The van der Waals surface area contributed by atoms with Crippen molar-refractivity contribution in [3.8, 4) is 0 Å². The van der Waals surface area contributed by atoms with Crippen molar-refractivity contribution in [3.63, 3.8) is 0 Å². The van der Waals surface area contributed by atoms with E-state index >= 15 is 0 Å². The monoisotopic (exact) mass is 473 g/mol. The highest BCUT2D eigenvalue weighted by molar-refractivity contribution is 6.02. The number of esters is 1. The maximum Gasteiger partial charge on any atom is 0.325 e. The van der Waals surface area contributed by atoms with E-state index in [0.717, 1.165) is 44.6 Å². The van der Waals surface area contributed by atoms with Crippen LogP contribution in [0.3, 0.4) is 0 Å². The van der Waals surface area contributed by atoms with Crippen molar-refractivity contribution in [3.05, 3.63) is 70.5 Å². The van der Waals surface area contributed by atoms with Gasteiger partial charge in [-0.25, -0.2) is 14.3 Å². The van der Waals surface area contributed by atoms with Crippen molar-refractivity contribution < 1.29 is 19.1 Å². The number of benzene rings is 2. The number of carbonyl (C=O) groups is 3. The van der Waals surface area contributed by atoms with Gasteiger partial charge in [-0.2, -0.15) is 5.10 Å². The maximum atomic E-state index is 12.3. The summed E-state index contributed by atoms with van der Waals surface area (Å²) < 4.78 is 6.85. The smallest absolute Gasteiger partial charge is 0.325 e. The zero-order chi connectivity index (χ0) is 25.1. The predicted molar refractivity (Wildman–Crippen MR) is 132 cm³/mol. The van der Waals surface area contributed by atoms with Crippen LogP contribution < -0.4 is 10.6 Å². The number of aromatic nitrogens is 3. The van der Waals surface area contributed by atoms with E-state index in [4.69, 9.17) is 9.72 Å². The number of nitrogens with zero attached hydrogens (tertiary/aromatic N) is 3. The number of nitrogens with one attached hydrogen (secondary N) is 2. The summed E-state index contributed by atoms with van der Waals surface area (Å²) in [6.07, 6.45) is 0.460. The van der Waals surface area contributed by atoms with Gasteiger partial charge in [0, 0.05) is 28.9 Å². The number of ether oxygens (including phenoxy) is 1. The Kier molecular flexibility index (Phi) is 6.77. The first kappa shape index (κ1) is 23.9. The molecule has 0 aliphatic heterocycles. The van der Waals surface area contributed by atoms with Crippen molar-refractivity contribution in [2.75, 3.05) is 11.9 Å². The molecule has 2 aromatic heterocycles. The van der Waals surface area contributed by atoms with Crippen LogP contribution in [0.5, 0.6) is 0 Å². The molecule has 2 aromatic carbocycles. The zero-order valence-corrected chi connectivity index (χ0v) is 20.1. The summed E-state index contributed by atoms with van der Waals surface area (Å²) in [5.74, 6) is -1.25. The molecule has 0 atom stereocenters. The van der Waals surface area contributed by atoms with Crippen LogP contribution in [0.15, 0.2) is 42.5 Å². The average molecular weight is 474 g/mol. The number of urea groups is 1. The van der Waals surface area contributed by atoms with Crippen LogP contribution in [0.2, 0.25) is 0 Å². The molecule has 2 N–H and O–H groups in total. The molecule has 0 radical (unpaired) electrons. The van der Waals surface area contributed by atoms with Gasteiger partial charge in [0.25, 0.3) is 5.91 Å². The predicted octanol–water partition coefficient (Wildman–Crippen LogP) is 3.94. The van der Waals surface area contributed by atoms with Crippen molar-refractivity contribution >= 4 is 40.1 Å². The zero-order valence-electron chi connectivity index (χ0n) is 20.1. The minimum Gasteiger partial charge on any atom is -0.456 e. The van der Waals surface area contributed by atoms with Crippen LogP contribution in [0.25, 0.3) is 16.6 Å². The second-order valence-corrected chi connectivity index (χ2v) is 8.42. The summed E-state index contributed by atoms with van der Waals surface area (Å²) in [5, 5.41) is 10.4. The number of imide groups is 1. The van der Waals surface area contributed by atoms with Gasteiger partial charge in [-0.1, -0.05) is 24.3 Å². The summed E-state index contributed by atoms with van der Waals surface area (Å²) in [5.41, 5.74) is 6.77. The highest BCUT2D eigenvalue weighted by Crippen LogP contribution is 2.23. The molecule has 3 amide bonds. The largest absolute Gasteiger partial charge is 0.456 e. The Morgan fingerprint density at radius 2 is 1.77 bits per heavy atom. The van der Waals surface area contributed by atoms with Gasteiger partial charge in [0.2, 0.25) is 0 Å². The van der Waals surface area contributed by atoms with Crippen molar-refractivity contribution in [2.24, 2.45) is 0 Å². The van der Waals surface area contributed by atoms with E-state index in [0.29, 0.717) is 12.1 Å². The van der Waals surface area contributed by atoms with Gasteiger partial charge >= 0.3 is 12.0 Å². The molecule has 35 heavy (non-hydrogen) atoms. The number of amides is 3. The minimum atomic E-state index is -0.708. The molecule has 0 saturated heterocycles. The molecular weight excluding hydrogens is 446 g/mol. The van der Waals surface area contributed by atoms with E-state index in [1.807, 2.05) is 64.1 Å². The van der Waals surface area contributed by atoms with Crippen LogP contribution >= 0.6 is 0 Å². The number of carbonyl (C=O) groups excluding carboxylic acids is 3. The van der Waals surface area contributed by atoms with E-state index in [1.54, 1.807) is 10.6 Å². The molecule has 0 fully saturated rings. The lowest BCUT2D eigenvalue weighted by Gasteiger charge is -2.12. The number of hydrogen-bond acceptors (Lipinski definition) is 6. The molecule has 0 spiro atoms. The molecule has 0 unspecified atom stereocenters. The number of fused-ring (bicyclic) bond motifs is 3. The lowest BCUT2D eigenvalue weighted by Crippen LogP contribution is -2.37. The highest BCUT2D eigenvalue weighted by atomic mass is 16.5. The SMILES string of the molecule is Cc1cccc(NC(=O)NC(=O)COC(=O)CCc2c(C)nc3c4ccccc4nn3c2C)c1C. The number of aryl methyl sites for hydroxylation is 3. The van der Waals surface area contributed by atoms with Gasteiger partial charge in [0.1, 0.15) is 0 Å². The van der Waals surface area contributed by atoms with Crippen molar-refractivity contribution in [1.82, 2.24) is 19.9 Å². The quantitative estimate of drug-likeness (QED) is 0.410. The Morgan fingerprint density at radius 3 is 2.57 bits per heavy atom. The van der Waals surface area contributed by atoms with Crippen molar-refractivity contribution in [2.45, 2.75) is 40.5 Å². The first-order chi connectivity index (χ1) is 16.7. The van der Waals surface area contributed by atoms with E-state index in [2.05, 4.69) is 15.7 Å². The van der Waals surface area contributed by atoms with Crippen molar-refractivity contribution in [1.29, 1.82) is 0 Å². The summed E-state index contributed by atoms with van der Waals surface area (Å²) in [7, 11) is 0. The Labute approximate surface area is 202 Å². The lowest BCUT2D eigenvalue weighted by atomic mass is 10.1. The fourth-order valence-electron chi connectivity index (χ4n) is 3.99. The summed E-state index contributed by atoms with van der Waals surface area (Å²) in [4.78, 5) is 41.1. The Hall–Kier alpha value is -4.27. The first-order valence-electron chi connectivity index (χ1n) is 11.3. The van der Waals surface area contributed by atoms with Crippen LogP contribution in [-0.4, -0.2) is 39.1 Å². The molecule has 0 saturated carbocycles. The summed E-state index contributed by atoms with van der Waals surface area (Å²) in [6, 6.07) is 12.6. The summed E-state index contributed by atoms with van der Waals surface area (Å²) in [6.45, 7) is 7.10. The van der Waals surface area contributed by atoms with E-state index in [9.17, 15) is 14.4 Å². The third kappa shape index (κ3) is 5.13. The average Bonchev–Trinajstić information content (AvgIpc) is 3.19. The molecule has 2 heterocycles. The Balaban J connectivity index is 1.31. The van der Waals surface area contributed by atoms with Gasteiger partial charge in [-0.05, 0) is 69.0 Å². The molecule has 180 valence electrons. The lowest BCUT2D eigenvalue weighted by molar-refractivity contribution is -0.148. The highest BCUT2D eigenvalue weighted by Gasteiger charge is 2.16. The van der Waals surface area contributed by atoms with Gasteiger partial charge in [0.05, 0.1) is 5.52 Å².